The average Bonchev–Trinajstić information content (AvgIpc) is 3.30. The summed E-state index contributed by atoms with van der Waals surface area (Å²) in [4.78, 5) is 52.5. The monoisotopic (exact) mass is 562 g/mol. The predicted molar refractivity (Wildman–Crippen MR) is 137 cm³/mol. The highest BCUT2D eigenvalue weighted by atomic mass is 19.4. The van der Waals surface area contributed by atoms with Gasteiger partial charge >= 0.3 is 12.3 Å². The number of carbonyl (C=O) groups is 4. The molecular formula is C27H26F4N4O5. The molecule has 2 heterocycles. The first-order valence-electron chi connectivity index (χ1n) is 12.4. The van der Waals surface area contributed by atoms with Crippen LogP contribution in [-0.4, -0.2) is 74.0 Å². The fourth-order valence-corrected chi connectivity index (χ4v) is 4.35. The number of halogens is 4. The second kappa shape index (κ2) is 11.8. The van der Waals surface area contributed by atoms with Crippen LogP contribution in [-0.2, 0) is 25.3 Å². The van der Waals surface area contributed by atoms with Crippen LogP contribution in [0.2, 0.25) is 0 Å². The first kappa shape index (κ1) is 28.6. The Bertz CT molecular complexity index is 1320. The van der Waals surface area contributed by atoms with Crippen molar-refractivity contribution in [2.75, 3.05) is 49.1 Å². The molecule has 2 fully saturated rings. The highest BCUT2D eigenvalue weighted by Crippen LogP contribution is 2.30. The van der Waals surface area contributed by atoms with Gasteiger partial charge in [0.1, 0.15) is 11.9 Å². The number of ketones is 1. The van der Waals surface area contributed by atoms with E-state index in [9.17, 15) is 32.3 Å². The Labute approximate surface area is 227 Å². The van der Waals surface area contributed by atoms with Crippen LogP contribution < -0.4 is 15.1 Å². The van der Waals surface area contributed by atoms with Gasteiger partial charge in [0.15, 0.2) is 0 Å². The molecule has 1 N–H and O–H groups in total. The molecule has 0 radical (unpaired) electrons. The Hall–Kier alpha value is -4.42. The van der Waals surface area contributed by atoms with Crippen LogP contribution in [0.25, 0.3) is 6.08 Å². The van der Waals surface area contributed by atoms with Gasteiger partial charge in [0.2, 0.25) is 11.7 Å². The number of carbonyl (C=O) groups excluding carboxylic acids is 4. The van der Waals surface area contributed by atoms with E-state index in [4.69, 9.17) is 4.74 Å². The molecule has 1 atom stereocenters. The summed E-state index contributed by atoms with van der Waals surface area (Å²) < 4.78 is 58.3. The predicted octanol–water partition coefficient (Wildman–Crippen LogP) is 3.24. The third-order valence-corrected chi connectivity index (χ3v) is 6.48. The fourth-order valence-electron chi connectivity index (χ4n) is 4.35. The number of piperazine rings is 1. The quantitative estimate of drug-likeness (QED) is 0.316. The van der Waals surface area contributed by atoms with E-state index >= 15 is 4.39 Å². The molecule has 3 amide bonds. The van der Waals surface area contributed by atoms with Crippen molar-refractivity contribution in [3.05, 3.63) is 65.5 Å². The van der Waals surface area contributed by atoms with Crippen LogP contribution in [0.3, 0.4) is 0 Å². The molecule has 13 heteroatoms. The van der Waals surface area contributed by atoms with Crippen LogP contribution in [0.15, 0.2) is 48.5 Å². The number of cyclic esters (lactones) is 1. The SMILES string of the molecule is CC(=O)NC[C@H]1CN(c2ccc(N3CCN(C(=O)C(=O)/C=C/c4ccc(C(F)(F)F)cc4)CC3)c(F)c2)C(=O)O1. The summed E-state index contributed by atoms with van der Waals surface area (Å²) in [5.41, 5.74) is 0.0905. The number of rotatable bonds is 7. The van der Waals surface area contributed by atoms with Crippen molar-refractivity contribution < 1.29 is 41.5 Å². The van der Waals surface area contributed by atoms with Gasteiger partial charge in [-0.2, -0.15) is 13.2 Å². The van der Waals surface area contributed by atoms with Gasteiger partial charge < -0.3 is 19.9 Å². The third kappa shape index (κ3) is 6.77. The Balaban J connectivity index is 1.31. The van der Waals surface area contributed by atoms with Crippen molar-refractivity contribution in [1.29, 1.82) is 0 Å². The molecule has 9 nitrogen and oxygen atoms in total. The lowest BCUT2D eigenvalue weighted by atomic mass is 10.1. The minimum Gasteiger partial charge on any atom is -0.442 e. The number of anilines is 2. The van der Waals surface area contributed by atoms with Crippen LogP contribution in [0.1, 0.15) is 18.1 Å². The summed E-state index contributed by atoms with van der Waals surface area (Å²) in [5.74, 6) is -2.42. The molecular weight excluding hydrogens is 536 g/mol. The van der Waals surface area contributed by atoms with Gasteiger partial charge in [0.25, 0.3) is 5.91 Å². The zero-order valence-corrected chi connectivity index (χ0v) is 21.4. The molecule has 0 aliphatic carbocycles. The minimum atomic E-state index is -4.47. The van der Waals surface area contributed by atoms with Crippen LogP contribution >= 0.6 is 0 Å². The van der Waals surface area contributed by atoms with E-state index in [1.165, 1.54) is 47.1 Å². The number of nitrogens with one attached hydrogen (secondary N) is 1. The summed E-state index contributed by atoms with van der Waals surface area (Å²) in [6.07, 6.45) is -3.39. The smallest absolute Gasteiger partial charge is 0.416 e. The number of ether oxygens (including phenoxy) is 1. The zero-order valence-electron chi connectivity index (χ0n) is 21.4. The average molecular weight is 563 g/mol. The lowest BCUT2D eigenvalue weighted by Gasteiger charge is -2.36. The molecule has 2 saturated heterocycles. The number of hydrogen-bond acceptors (Lipinski definition) is 6. The molecule has 212 valence electrons. The van der Waals surface area contributed by atoms with E-state index in [0.717, 1.165) is 18.2 Å². The maximum absolute atomic E-state index is 15.0. The second-order valence-corrected chi connectivity index (χ2v) is 9.29. The number of alkyl halides is 3. The Morgan fingerprint density at radius 2 is 1.73 bits per heavy atom. The molecule has 2 aliphatic rings. The Kier molecular flexibility index (Phi) is 8.40. The molecule has 0 saturated carbocycles. The minimum absolute atomic E-state index is 0.147. The van der Waals surface area contributed by atoms with Gasteiger partial charge in [-0.15, -0.1) is 0 Å². The summed E-state index contributed by atoms with van der Waals surface area (Å²) in [5, 5.41) is 2.57. The van der Waals surface area contributed by atoms with Crippen LogP contribution in [0.4, 0.5) is 33.7 Å². The van der Waals surface area contributed by atoms with Crippen molar-refractivity contribution >= 4 is 41.1 Å². The van der Waals surface area contributed by atoms with Crippen LogP contribution in [0, 0.1) is 5.82 Å². The second-order valence-electron chi connectivity index (χ2n) is 9.29. The largest absolute Gasteiger partial charge is 0.442 e. The van der Waals surface area contributed by atoms with Crippen molar-refractivity contribution in [3.63, 3.8) is 0 Å². The van der Waals surface area contributed by atoms with Gasteiger partial charge in [-0.1, -0.05) is 18.2 Å². The number of hydrogen-bond donors (Lipinski definition) is 1. The maximum Gasteiger partial charge on any atom is 0.416 e. The topological polar surface area (TPSA) is 99.3 Å². The van der Waals surface area contributed by atoms with Gasteiger partial charge in [-0.25, -0.2) is 9.18 Å². The van der Waals surface area contributed by atoms with Gasteiger partial charge in [-0.05, 0) is 42.0 Å². The van der Waals surface area contributed by atoms with Crippen molar-refractivity contribution in [1.82, 2.24) is 10.2 Å². The molecule has 0 aromatic heterocycles. The molecule has 0 bridgehead atoms. The van der Waals surface area contributed by atoms with Gasteiger partial charge in [0, 0.05) is 33.1 Å². The summed E-state index contributed by atoms with van der Waals surface area (Å²) >= 11 is 0. The summed E-state index contributed by atoms with van der Waals surface area (Å²) in [7, 11) is 0. The number of benzene rings is 2. The van der Waals surface area contributed by atoms with Crippen molar-refractivity contribution in [2.45, 2.75) is 19.2 Å². The molecule has 40 heavy (non-hydrogen) atoms. The molecule has 0 unspecified atom stereocenters. The first-order valence-corrected chi connectivity index (χ1v) is 12.4. The third-order valence-electron chi connectivity index (χ3n) is 6.48. The lowest BCUT2D eigenvalue weighted by Crippen LogP contribution is -2.50. The Morgan fingerprint density at radius 1 is 1.05 bits per heavy atom. The van der Waals surface area contributed by atoms with E-state index in [0.29, 0.717) is 11.3 Å². The maximum atomic E-state index is 15.0. The molecule has 2 aliphatic heterocycles. The fraction of sp³-hybridized carbons (Fsp3) is 0.333. The number of amides is 3. The van der Waals surface area contributed by atoms with Crippen molar-refractivity contribution in [2.24, 2.45) is 0 Å². The molecule has 0 spiro atoms. The van der Waals surface area contributed by atoms with Crippen molar-refractivity contribution in [3.8, 4) is 0 Å². The summed E-state index contributed by atoms with van der Waals surface area (Å²) in [6.45, 7) is 2.46. The van der Waals surface area contributed by atoms with E-state index in [2.05, 4.69) is 5.32 Å². The van der Waals surface area contributed by atoms with Crippen LogP contribution in [0.5, 0.6) is 0 Å². The molecule has 2 aromatic carbocycles. The first-order chi connectivity index (χ1) is 18.9. The lowest BCUT2D eigenvalue weighted by molar-refractivity contribution is -0.142. The summed E-state index contributed by atoms with van der Waals surface area (Å²) in [6, 6.07) is 8.49. The number of nitrogens with zero attached hydrogens (tertiary/aromatic N) is 3. The van der Waals surface area contributed by atoms with E-state index in [1.807, 2.05) is 0 Å². The van der Waals surface area contributed by atoms with E-state index < -0.39 is 41.4 Å². The highest BCUT2D eigenvalue weighted by molar-refractivity contribution is 6.41. The molecule has 2 aromatic rings. The van der Waals surface area contributed by atoms with E-state index in [1.54, 1.807) is 11.0 Å². The normalized spacial score (nSPS) is 17.8. The van der Waals surface area contributed by atoms with Gasteiger partial charge in [-0.3, -0.25) is 19.3 Å². The molecule has 4 rings (SSSR count). The highest BCUT2D eigenvalue weighted by Gasteiger charge is 2.33. The van der Waals surface area contributed by atoms with E-state index in [-0.39, 0.29) is 50.9 Å². The van der Waals surface area contributed by atoms with Gasteiger partial charge in [0.05, 0.1) is 30.0 Å². The zero-order chi connectivity index (χ0) is 29.0. The Morgan fingerprint density at radius 3 is 2.33 bits per heavy atom. The standard InChI is InChI=1S/C27H26F4N4O5/c1-17(36)32-15-21-16-35(26(39)40-21)20-7-8-23(22(28)14-20)33-10-12-34(13-11-33)25(38)24(37)9-4-18-2-5-19(6-3-18)27(29,30)31/h2-9,14,21H,10-13,15-16H2,1H3,(H,32,36)/b9-4+/t21-/m0/s1.